The first-order chi connectivity index (χ1) is 21.8. The van der Waals surface area contributed by atoms with E-state index in [4.69, 9.17) is 9.31 Å². The minimum atomic E-state index is -0.487. The minimum Gasteiger partial charge on any atom is -0.399 e. The Labute approximate surface area is 264 Å². The lowest BCUT2D eigenvalue weighted by Crippen LogP contribution is -2.41. The highest BCUT2D eigenvalue weighted by Crippen LogP contribution is 2.40. The maximum absolute atomic E-state index is 6.62. The Kier molecular flexibility index (Phi) is 6.38. The number of para-hydroxylation sites is 4. The van der Waals surface area contributed by atoms with E-state index < -0.39 is 18.3 Å². The number of rotatable bonds is 5. The maximum atomic E-state index is 6.62. The third kappa shape index (κ3) is 4.62. The van der Waals surface area contributed by atoms with Crippen LogP contribution in [0.15, 0.2) is 140 Å². The van der Waals surface area contributed by atoms with E-state index >= 15 is 0 Å². The summed E-state index contributed by atoms with van der Waals surface area (Å²) in [6.07, 6.45) is 4.53. The molecule has 3 heterocycles. The topological polar surface area (TPSA) is 28.3 Å². The third-order valence-electron chi connectivity index (χ3n) is 9.60. The smallest absolute Gasteiger partial charge is 0.399 e. The summed E-state index contributed by atoms with van der Waals surface area (Å²) in [5.74, 6) is 0. The van der Waals surface area contributed by atoms with E-state index in [1.165, 1.54) is 32.9 Å². The maximum Gasteiger partial charge on any atom is 0.494 e. The Balaban J connectivity index is 1.37. The second kappa shape index (κ2) is 10.4. The van der Waals surface area contributed by atoms with Crippen molar-refractivity contribution in [3.63, 3.8) is 0 Å². The summed E-state index contributed by atoms with van der Waals surface area (Å²) >= 11 is 0. The van der Waals surface area contributed by atoms with Gasteiger partial charge in [0, 0.05) is 45.7 Å². The SMILES string of the molecule is CC1(C)OB(c2cc(-c3cn(-c4ccccc4)c4ccccc34)cc(-c3cn(-c4ccccc4)c4ccccc34)c2)OC1(C)C. The number of fused-ring (bicyclic) bond motifs is 2. The molecule has 5 aromatic carbocycles. The molecule has 7 aromatic rings. The first-order valence-corrected chi connectivity index (χ1v) is 15.6. The highest BCUT2D eigenvalue weighted by atomic mass is 16.7. The van der Waals surface area contributed by atoms with E-state index in [0.29, 0.717) is 0 Å². The average Bonchev–Trinajstić information content (AvgIpc) is 3.71. The van der Waals surface area contributed by atoms with Gasteiger partial charge >= 0.3 is 7.12 Å². The molecule has 2 aromatic heterocycles. The van der Waals surface area contributed by atoms with Gasteiger partial charge in [-0.2, -0.15) is 0 Å². The van der Waals surface area contributed by atoms with Gasteiger partial charge < -0.3 is 18.4 Å². The number of nitrogens with zero attached hydrogens (tertiary/aromatic N) is 2. The van der Waals surface area contributed by atoms with Crippen molar-refractivity contribution in [2.24, 2.45) is 0 Å². The monoisotopic (exact) mass is 586 g/mol. The highest BCUT2D eigenvalue weighted by molar-refractivity contribution is 6.62. The van der Waals surface area contributed by atoms with E-state index in [1.807, 2.05) is 0 Å². The fraction of sp³-hybridized carbons (Fsp3) is 0.150. The van der Waals surface area contributed by atoms with Gasteiger partial charge in [0.25, 0.3) is 0 Å². The lowest BCUT2D eigenvalue weighted by Gasteiger charge is -2.32. The average molecular weight is 587 g/mol. The molecule has 4 nitrogen and oxygen atoms in total. The molecule has 0 aliphatic carbocycles. The van der Waals surface area contributed by atoms with Gasteiger partial charge in [-0.1, -0.05) is 84.9 Å². The van der Waals surface area contributed by atoms with Gasteiger partial charge in [-0.15, -0.1) is 0 Å². The summed E-state index contributed by atoms with van der Waals surface area (Å²) in [5, 5.41) is 2.40. The molecule has 5 heteroatoms. The van der Waals surface area contributed by atoms with Crippen LogP contribution in [-0.2, 0) is 9.31 Å². The van der Waals surface area contributed by atoms with Crippen molar-refractivity contribution in [3.05, 3.63) is 140 Å². The lowest BCUT2D eigenvalue weighted by molar-refractivity contribution is 0.00578. The van der Waals surface area contributed by atoms with Gasteiger partial charge in [0.2, 0.25) is 0 Å². The second-order valence-corrected chi connectivity index (χ2v) is 13.0. The summed E-state index contributed by atoms with van der Waals surface area (Å²) in [4.78, 5) is 0. The van der Waals surface area contributed by atoms with E-state index in [-0.39, 0.29) is 0 Å². The van der Waals surface area contributed by atoms with Crippen LogP contribution in [-0.4, -0.2) is 27.5 Å². The zero-order valence-electron chi connectivity index (χ0n) is 26.1. The Hall–Kier alpha value is -4.84. The van der Waals surface area contributed by atoms with Crippen molar-refractivity contribution >= 4 is 34.4 Å². The molecule has 45 heavy (non-hydrogen) atoms. The number of benzene rings is 5. The van der Waals surface area contributed by atoms with Crippen molar-refractivity contribution < 1.29 is 9.31 Å². The van der Waals surface area contributed by atoms with Gasteiger partial charge in [-0.3, -0.25) is 0 Å². The third-order valence-corrected chi connectivity index (χ3v) is 9.60. The van der Waals surface area contributed by atoms with Crippen LogP contribution in [0.3, 0.4) is 0 Å². The van der Waals surface area contributed by atoms with Crippen molar-refractivity contribution in [1.82, 2.24) is 9.13 Å². The molecule has 0 spiro atoms. The summed E-state index contributed by atoms with van der Waals surface area (Å²) in [5.41, 5.74) is 9.31. The molecule has 1 aliphatic heterocycles. The Morgan fingerprint density at radius 1 is 0.489 bits per heavy atom. The summed E-state index contributed by atoms with van der Waals surface area (Å²) < 4.78 is 17.8. The standard InChI is InChI=1S/C40H35BN2O2/c1-39(2)40(3,4)45-41(44-39)30-24-28(35-26-42(31-15-7-5-8-16-31)37-21-13-11-19-33(35)37)23-29(25-30)36-27-43(32-17-9-6-10-18-32)38-22-14-12-20-34(36)38/h5-27H,1-4H3. The molecular weight excluding hydrogens is 551 g/mol. The van der Waals surface area contributed by atoms with Crippen LogP contribution >= 0.6 is 0 Å². The predicted molar refractivity (Wildman–Crippen MR) is 187 cm³/mol. The largest absolute Gasteiger partial charge is 0.494 e. The van der Waals surface area contributed by atoms with Crippen LogP contribution < -0.4 is 5.46 Å². The van der Waals surface area contributed by atoms with Crippen molar-refractivity contribution in [3.8, 4) is 33.6 Å². The quantitative estimate of drug-likeness (QED) is 0.188. The Morgan fingerprint density at radius 2 is 0.889 bits per heavy atom. The summed E-state index contributed by atoms with van der Waals surface area (Å²) in [7, 11) is -0.487. The number of hydrogen-bond donors (Lipinski definition) is 0. The molecule has 0 amide bonds. The molecule has 1 fully saturated rings. The summed E-state index contributed by atoms with van der Waals surface area (Å²) in [6.45, 7) is 8.44. The minimum absolute atomic E-state index is 0.444. The number of hydrogen-bond acceptors (Lipinski definition) is 2. The summed E-state index contributed by atoms with van der Waals surface area (Å²) in [6, 6.07) is 45.2. The predicted octanol–water partition coefficient (Wildman–Crippen LogP) is 9.21. The fourth-order valence-corrected chi connectivity index (χ4v) is 6.50. The van der Waals surface area contributed by atoms with Gasteiger partial charge in [0.1, 0.15) is 0 Å². The zero-order valence-corrected chi connectivity index (χ0v) is 26.1. The second-order valence-electron chi connectivity index (χ2n) is 13.0. The Morgan fingerprint density at radius 3 is 1.33 bits per heavy atom. The molecule has 0 saturated carbocycles. The van der Waals surface area contributed by atoms with E-state index in [0.717, 1.165) is 28.0 Å². The molecular formula is C40H35BN2O2. The first kappa shape index (κ1) is 27.7. The Bertz CT molecular complexity index is 2030. The first-order valence-electron chi connectivity index (χ1n) is 15.6. The van der Waals surface area contributed by atoms with Crippen LogP contribution in [0.4, 0.5) is 0 Å². The van der Waals surface area contributed by atoms with Crippen LogP contribution in [0.25, 0.3) is 55.4 Å². The zero-order chi connectivity index (χ0) is 30.8. The van der Waals surface area contributed by atoms with Crippen LogP contribution in [0.1, 0.15) is 27.7 Å². The van der Waals surface area contributed by atoms with Crippen LogP contribution in [0.2, 0.25) is 0 Å². The van der Waals surface area contributed by atoms with Gasteiger partial charge in [-0.25, -0.2) is 0 Å². The van der Waals surface area contributed by atoms with Crippen LogP contribution in [0.5, 0.6) is 0 Å². The molecule has 0 unspecified atom stereocenters. The molecule has 0 radical (unpaired) electrons. The molecule has 220 valence electrons. The van der Waals surface area contributed by atoms with Crippen molar-refractivity contribution in [2.45, 2.75) is 38.9 Å². The van der Waals surface area contributed by atoms with Crippen molar-refractivity contribution in [2.75, 3.05) is 0 Å². The van der Waals surface area contributed by atoms with Gasteiger partial charge in [0.05, 0.1) is 22.2 Å². The van der Waals surface area contributed by atoms with Crippen LogP contribution in [0, 0.1) is 0 Å². The lowest BCUT2D eigenvalue weighted by atomic mass is 9.76. The van der Waals surface area contributed by atoms with E-state index in [1.54, 1.807) is 0 Å². The van der Waals surface area contributed by atoms with Gasteiger partial charge in [-0.05, 0) is 86.7 Å². The van der Waals surface area contributed by atoms with Gasteiger partial charge in [0.15, 0.2) is 0 Å². The molecule has 0 bridgehead atoms. The fourth-order valence-electron chi connectivity index (χ4n) is 6.50. The molecule has 1 aliphatic rings. The van der Waals surface area contributed by atoms with E-state index in [9.17, 15) is 0 Å². The number of aromatic nitrogens is 2. The molecule has 0 atom stereocenters. The molecule has 0 N–H and O–H groups in total. The van der Waals surface area contributed by atoms with Crippen molar-refractivity contribution in [1.29, 1.82) is 0 Å². The highest BCUT2D eigenvalue weighted by Gasteiger charge is 2.51. The molecule has 1 saturated heterocycles. The molecule has 8 rings (SSSR count). The van der Waals surface area contributed by atoms with E-state index in [2.05, 4.69) is 177 Å². The normalized spacial score (nSPS) is 15.7.